The molecule has 2 amide bonds. The van der Waals surface area contributed by atoms with Crippen molar-refractivity contribution in [2.45, 2.75) is 80.2 Å². The van der Waals surface area contributed by atoms with Crippen molar-refractivity contribution in [2.24, 2.45) is 0 Å². The molecule has 254 valence electrons. The fraction of sp³-hybridized carbons (Fsp3) is 0.486. The second-order valence-electron chi connectivity index (χ2n) is 13.6. The van der Waals surface area contributed by atoms with Crippen molar-refractivity contribution in [1.29, 1.82) is 0 Å². The number of rotatable bonds is 10. The van der Waals surface area contributed by atoms with Gasteiger partial charge in [-0.25, -0.2) is 8.42 Å². The maximum Gasteiger partial charge on any atom is 0.272 e. The number of carbonyl (C=O) groups excluding carboxylic acids is 2. The molecule has 11 heteroatoms. The van der Waals surface area contributed by atoms with Crippen LogP contribution in [0.15, 0.2) is 71.8 Å². The molecule has 3 saturated heterocycles. The van der Waals surface area contributed by atoms with Crippen LogP contribution in [0.4, 0.5) is 5.69 Å². The summed E-state index contributed by atoms with van der Waals surface area (Å²) in [7, 11) is -3.22. The molecule has 3 aliphatic heterocycles. The number of hydrogen-bond acceptors (Lipinski definition) is 8. The van der Waals surface area contributed by atoms with Crippen LogP contribution >= 0.6 is 0 Å². The van der Waals surface area contributed by atoms with E-state index in [4.69, 9.17) is 4.74 Å². The topological polar surface area (TPSA) is 112 Å². The Morgan fingerprint density at radius 3 is 2.10 bits per heavy atom. The van der Waals surface area contributed by atoms with Crippen LogP contribution in [0.5, 0.6) is 5.75 Å². The first-order valence-corrected chi connectivity index (χ1v) is 19.0. The van der Waals surface area contributed by atoms with Crippen molar-refractivity contribution < 1.29 is 22.7 Å². The van der Waals surface area contributed by atoms with Crippen LogP contribution in [-0.4, -0.2) is 91.7 Å². The maximum atomic E-state index is 13.2. The number of benzene rings is 2. The Kier molecular flexibility index (Phi) is 9.68. The van der Waals surface area contributed by atoms with E-state index in [0.717, 1.165) is 58.4 Å². The molecule has 7 rings (SSSR count). The zero-order valence-electron chi connectivity index (χ0n) is 27.4. The molecule has 1 N–H and O–H groups in total. The number of nitrogens with zero attached hydrogens (tertiary/aromatic N) is 4. The second kappa shape index (κ2) is 14.3. The van der Waals surface area contributed by atoms with Gasteiger partial charge < -0.3 is 19.9 Å². The third kappa shape index (κ3) is 7.68. The molecule has 1 aliphatic carbocycles. The van der Waals surface area contributed by atoms with Gasteiger partial charge in [0.05, 0.1) is 15.7 Å². The molecular formula is C37H45N5O5S. The fourth-order valence-corrected chi connectivity index (χ4v) is 8.67. The normalized spacial score (nSPS) is 19.8. The van der Waals surface area contributed by atoms with Crippen LogP contribution in [0.1, 0.15) is 77.8 Å². The number of likely N-dealkylation sites (tertiary alicyclic amines) is 2. The number of piperidine rings is 2. The SMILES string of the molecule is O=C(NC1CCN(Cc2ccc(N3CCCC3)cc2)CC1)c1ccc(C(=O)N2CCC(Oc3ccc(S(=O)(=O)C4CC4)cc3)CC2)nc1. The Labute approximate surface area is 283 Å². The Balaban J connectivity index is 0.828. The van der Waals surface area contributed by atoms with Gasteiger partial charge in [0.1, 0.15) is 17.5 Å². The number of anilines is 1. The summed E-state index contributed by atoms with van der Waals surface area (Å²) in [6.07, 6.45) is 8.60. The van der Waals surface area contributed by atoms with Gasteiger partial charge in [-0.2, -0.15) is 0 Å². The molecule has 0 bridgehead atoms. The van der Waals surface area contributed by atoms with Crippen LogP contribution in [0.2, 0.25) is 0 Å². The first kappa shape index (κ1) is 32.6. The predicted octanol–water partition coefficient (Wildman–Crippen LogP) is 4.70. The van der Waals surface area contributed by atoms with Gasteiger partial charge in [-0.15, -0.1) is 0 Å². The molecule has 2 aromatic carbocycles. The zero-order chi connectivity index (χ0) is 33.1. The number of aromatic nitrogens is 1. The summed E-state index contributed by atoms with van der Waals surface area (Å²) in [6.45, 7) is 6.17. The van der Waals surface area contributed by atoms with E-state index >= 15 is 0 Å². The van der Waals surface area contributed by atoms with E-state index in [-0.39, 0.29) is 29.2 Å². The summed E-state index contributed by atoms with van der Waals surface area (Å²) in [5.74, 6) is 0.316. The highest BCUT2D eigenvalue weighted by molar-refractivity contribution is 7.92. The summed E-state index contributed by atoms with van der Waals surface area (Å²) in [5.41, 5.74) is 3.42. The Morgan fingerprint density at radius 2 is 1.48 bits per heavy atom. The van der Waals surface area contributed by atoms with Gasteiger partial charge in [0, 0.05) is 76.6 Å². The van der Waals surface area contributed by atoms with E-state index in [1.165, 1.54) is 30.3 Å². The first-order chi connectivity index (χ1) is 23.3. The number of ether oxygens (including phenoxy) is 1. The summed E-state index contributed by atoms with van der Waals surface area (Å²) >= 11 is 0. The van der Waals surface area contributed by atoms with Gasteiger partial charge in [0.15, 0.2) is 9.84 Å². The molecule has 4 heterocycles. The van der Waals surface area contributed by atoms with Crippen LogP contribution in [-0.2, 0) is 16.4 Å². The van der Waals surface area contributed by atoms with Crippen molar-refractivity contribution >= 4 is 27.3 Å². The van der Waals surface area contributed by atoms with Gasteiger partial charge in [-0.1, -0.05) is 12.1 Å². The van der Waals surface area contributed by atoms with Crippen LogP contribution in [0, 0.1) is 0 Å². The van der Waals surface area contributed by atoms with Crippen LogP contribution in [0.25, 0.3) is 0 Å². The van der Waals surface area contributed by atoms with Crippen molar-refractivity contribution in [3.63, 3.8) is 0 Å². The largest absolute Gasteiger partial charge is 0.490 e. The minimum absolute atomic E-state index is 0.0583. The average Bonchev–Trinajstić information content (AvgIpc) is 3.85. The van der Waals surface area contributed by atoms with E-state index < -0.39 is 9.84 Å². The smallest absolute Gasteiger partial charge is 0.272 e. The van der Waals surface area contributed by atoms with Crippen LogP contribution < -0.4 is 15.0 Å². The average molecular weight is 672 g/mol. The fourth-order valence-electron chi connectivity index (χ4n) is 7.01. The second-order valence-corrected chi connectivity index (χ2v) is 15.9. The Morgan fingerprint density at radius 1 is 0.792 bits per heavy atom. The van der Waals surface area contributed by atoms with Gasteiger partial charge in [-0.05, 0) is 92.6 Å². The third-order valence-corrected chi connectivity index (χ3v) is 12.4. The monoisotopic (exact) mass is 671 g/mol. The minimum Gasteiger partial charge on any atom is -0.490 e. The lowest BCUT2D eigenvalue weighted by Crippen LogP contribution is -2.44. The number of carbonyl (C=O) groups is 2. The highest BCUT2D eigenvalue weighted by Gasteiger charge is 2.37. The van der Waals surface area contributed by atoms with Gasteiger partial charge >= 0.3 is 0 Å². The lowest BCUT2D eigenvalue weighted by molar-refractivity contribution is 0.0589. The standard InChI is InChI=1S/C37H45N5O5S/c43-36(39-29-15-21-40(22-16-29)26-27-3-6-30(7-4-27)41-19-1-2-20-41)28-5-14-35(38-25-28)37(44)42-23-17-32(18-24-42)47-31-8-10-33(11-9-31)48(45,46)34-12-13-34/h3-11,14,25,29,32,34H,1-2,12-13,15-24,26H2,(H,39,43). The molecule has 1 saturated carbocycles. The summed E-state index contributed by atoms with van der Waals surface area (Å²) in [6, 6.07) is 19.1. The van der Waals surface area contributed by atoms with Gasteiger partial charge in [0.2, 0.25) is 0 Å². The Hall–Kier alpha value is -3.96. The number of hydrogen-bond donors (Lipinski definition) is 1. The lowest BCUT2D eigenvalue weighted by atomic mass is 10.0. The molecular weight excluding hydrogens is 627 g/mol. The summed E-state index contributed by atoms with van der Waals surface area (Å²) in [4.78, 5) is 37.5. The highest BCUT2D eigenvalue weighted by Crippen LogP contribution is 2.34. The molecule has 0 atom stereocenters. The number of sulfone groups is 1. The third-order valence-electron chi connectivity index (χ3n) is 10.1. The molecule has 3 aromatic rings. The van der Waals surface area contributed by atoms with Crippen molar-refractivity contribution in [3.05, 3.63) is 83.7 Å². The molecule has 48 heavy (non-hydrogen) atoms. The zero-order valence-corrected chi connectivity index (χ0v) is 28.2. The molecule has 0 spiro atoms. The molecule has 4 aliphatic rings. The minimum atomic E-state index is -3.22. The molecule has 10 nitrogen and oxygen atoms in total. The van der Waals surface area contributed by atoms with Gasteiger partial charge in [-0.3, -0.25) is 19.5 Å². The number of nitrogens with one attached hydrogen (secondary N) is 1. The van der Waals surface area contributed by atoms with Crippen molar-refractivity contribution in [3.8, 4) is 5.75 Å². The van der Waals surface area contributed by atoms with E-state index in [0.29, 0.717) is 47.8 Å². The summed E-state index contributed by atoms with van der Waals surface area (Å²) < 4.78 is 31.0. The quantitative estimate of drug-likeness (QED) is 0.331. The maximum absolute atomic E-state index is 13.2. The number of amides is 2. The van der Waals surface area contributed by atoms with E-state index in [9.17, 15) is 18.0 Å². The highest BCUT2D eigenvalue weighted by atomic mass is 32.2. The Bertz CT molecular complexity index is 1670. The summed E-state index contributed by atoms with van der Waals surface area (Å²) in [5, 5.41) is 2.93. The van der Waals surface area contributed by atoms with Crippen molar-refractivity contribution in [2.75, 3.05) is 44.2 Å². The molecule has 0 unspecified atom stereocenters. The van der Waals surface area contributed by atoms with E-state index in [2.05, 4.69) is 44.4 Å². The van der Waals surface area contributed by atoms with E-state index in [1.807, 2.05) is 0 Å². The van der Waals surface area contributed by atoms with Crippen LogP contribution in [0.3, 0.4) is 0 Å². The van der Waals surface area contributed by atoms with E-state index in [1.54, 1.807) is 41.3 Å². The molecule has 0 radical (unpaired) electrons. The number of pyridine rings is 1. The molecule has 1 aromatic heterocycles. The molecule has 4 fully saturated rings. The predicted molar refractivity (Wildman–Crippen MR) is 184 cm³/mol. The first-order valence-electron chi connectivity index (χ1n) is 17.4. The van der Waals surface area contributed by atoms with Crippen molar-refractivity contribution in [1.82, 2.24) is 20.1 Å². The lowest BCUT2D eigenvalue weighted by Gasteiger charge is -2.32. The van der Waals surface area contributed by atoms with Gasteiger partial charge in [0.25, 0.3) is 11.8 Å².